The standard InChI is InChI=1S/C17H19NO2/c1-10-8-13(9-11(2)17(10)20-4)16(19)14-6-5-7-15(18)12(14)3/h5-9H,18H2,1-4H3. The van der Waals surface area contributed by atoms with Gasteiger partial charge in [0, 0.05) is 16.8 Å². The molecular formula is C17H19NO2. The molecule has 104 valence electrons. The van der Waals surface area contributed by atoms with Gasteiger partial charge in [-0.15, -0.1) is 0 Å². The number of benzene rings is 2. The number of methoxy groups -OCH3 is 1. The lowest BCUT2D eigenvalue weighted by atomic mass is 9.95. The van der Waals surface area contributed by atoms with E-state index in [2.05, 4.69) is 0 Å². The molecule has 0 atom stereocenters. The van der Waals surface area contributed by atoms with E-state index in [1.54, 1.807) is 19.2 Å². The average molecular weight is 269 g/mol. The highest BCUT2D eigenvalue weighted by atomic mass is 16.5. The highest BCUT2D eigenvalue weighted by molar-refractivity contribution is 6.10. The molecule has 2 rings (SSSR count). The number of nitrogen functional groups attached to an aromatic ring is 1. The van der Waals surface area contributed by atoms with Gasteiger partial charge in [-0.2, -0.15) is 0 Å². The van der Waals surface area contributed by atoms with Crippen molar-refractivity contribution in [3.8, 4) is 5.75 Å². The third kappa shape index (κ3) is 2.39. The fourth-order valence-corrected chi connectivity index (χ4v) is 2.46. The number of hydrogen-bond acceptors (Lipinski definition) is 3. The molecule has 0 saturated heterocycles. The van der Waals surface area contributed by atoms with Crippen LogP contribution in [0.5, 0.6) is 5.75 Å². The minimum Gasteiger partial charge on any atom is -0.496 e. The molecule has 0 amide bonds. The normalized spacial score (nSPS) is 10.4. The van der Waals surface area contributed by atoms with Gasteiger partial charge in [0.15, 0.2) is 5.78 Å². The topological polar surface area (TPSA) is 52.3 Å². The second-order valence-electron chi connectivity index (χ2n) is 4.99. The quantitative estimate of drug-likeness (QED) is 0.686. The van der Waals surface area contributed by atoms with E-state index in [9.17, 15) is 4.79 Å². The lowest BCUT2D eigenvalue weighted by Crippen LogP contribution is -2.07. The summed E-state index contributed by atoms with van der Waals surface area (Å²) in [6.07, 6.45) is 0. The summed E-state index contributed by atoms with van der Waals surface area (Å²) in [4.78, 5) is 12.6. The Morgan fingerprint density at radius 3 is 2.25 bits per heavy atom. The van der Waals surface area contributed by atoms with Gasteiger partial charge >= 0.3 is 0 Å². The first kappa shape index (κ1) is 14.1. The Balaban J connectivity index is 2.52. The second kappa shape index (κ2) is 5.37. The summed E-state index contributed by atoms with van der Waals surface area (Å²) in [6.45, 7) is 5.75. The van der Waals surface area contributed by atoms with Crippen LogP contribution in [-0.4, -0.2) is 12.9 Å². The summed E-state index contributed by atoms with van der Waals surface area (Å²) in [7, 11) is 1.64. The highest BCUT2D eigenvalue weighted by Crippen LogP contribution is 2.26. The molecule has 3 nitrogen and oxygen atoms in total. The molecule has 0 aliphatic heterocycles. The first-order chi connectivity index (χ1) is 9.45. The number of aryl methyl sites for hydroxylation is 2. The smallest absolute Gasteiger partial charge is 0.193 e. The first-order valence-electron chi connectivity index (χ1n) is 6.50. The maximum absolute atomic E-state index is 12.6. The van der Waals surface area contributed by atoms with E-state index in [1.807, 2.05) is 39.0 Å². The van der Waals surface area contributed by atoms with E-state index in [-0.39, 0.29) is 5.78 Å². The van der Waals surface area contributed by atoms with Gasteiger partial charge < -0.3 is 10.5 Å². The van der Waals surface area contributed by atoms with Crippen molar-refractivity contribution in [3.05, 3.63) is 58.1 Å². The average Bonchev–Trinajstić information content (AvgIpc) is 2.41. The van der Waals surface area contributed by atoms with Gasteiger partial charge in [-0.25, -0.2) is 0 Å². The molecule has 0 saturated carbocycles. The van der Waals surface area contributed by atoms with E-state index in [0.29, 0.717) is 16.8 Å². The largest absolute Gasteiger partial charge is 0.496 e. The zero-order valence-corrected chi connectivity index (χ0v) is 12.3. The zero-order valence-electron chi connectivity index (χ0n) is 12.3. The molecule has 0 aliphatic carbocycles. The van der Waals surface area contributed by atoms with Crippen LogP contribution in [0.4, 0.5) is 5.69 Å². The van der Waals surface area contributed by atoms with E-state index < -0.39 is 0 Å². The number of anilines is 1. The molecule has 0 bridgehead atoms. The molecule has 0 heterocycles. The minimum absolute atomic E-state index is 0.0105. The Hall–Kier alpha value is -2.29. The fourth-order valence-electron chi connectivity index (χ4n) is 2.46. The summed E-state index contributed by atoms with van der Waals surface area (Å²) < 4.78 is 5.33. The lowest BCUT2D eigenvalue weighted by molar-refractivity contribution is 0.103. The van der Waals surface area contributed by atoms with Gasteiger partial charge in [-0.3, -0.25) is 4.79 Å². The van der Waals surface area contributed by atoms with Crippen LogP contribution in [0.3, 0.4) is 0 Å². The third-order valence-electron chi connectivity index (χ3n) is 3.55. The van der Waals surface area contributed by atoms with E-state index >= 15 is 0 Å². The SMILES string of the molecule is COc1c(C)cc(C(=O)c2cccc(N)c2C)cc1C. The molecule has 3 heteroatoms. The Bertz CT molecular complexity index is 652. The van der Waals surface area contributed by atoms with Crippen LogP contribution in [0.2, 0.25) is 0 Å². The monoisotopic (exact) mass is 269 g/mol. The summed E-state index contributed by atoms with van der Waals surface area (Å²) in [6, 6.07) is 9.13. The second-order valence-corrected chi connectivity index (χ2v) is 4.99. The van der Waals surface area contributed by atoms with Crippen molar-refractivity contribution in [3.63, 3.8) is 0 Å². The van der Waals surface area contributed by atoms with Gasteiger partial charge in [-0.05, 0) is 55.7 Å². The van der Waals surface area contributed by atoms with Crippen LogP contribution in [0.15, 0.2) is 30.3 Å². The van der Waals surface area contributed by atoms with Crippen molar-refractivity contribution >= 4 is 11.5 Å². The van der Waals surface area contributed by atoms with Gasteiger partial charge in [0.25, 0.3) is 0 Å². The van der Waals surface area contributed by atoms with Crippen molar-refractivity contribution in [2.24, 2.45) is 0 Å². The summed E-state index contributed by atoms with van der Waals surface area (Å²) in [5, 5.41) is 0. The van der Waals surface area contributed by atoms with Crippen LogP contribution in [-0.2, 0) is 0 Å². The Morgan fingerprint density at radius 2 is 1.70 bits per heavy atom. The molecule has 2 aromatic carbocycles. The number of nitrogens with two attached hydrogens (primary N) is 1. The summed E-state index contributed by atoms with van der Waals surface area (Å²) in [5.41, 5.74) is 10.6. The molecular weight excluding hydrogens is 250 g/mol. The molecule has 0 spiro atoms. The van der Waals surface area contributed by atoms with Crippen LogP contribution in [0, 0.1) is 20.8 Å². The number of carbonyl (C=O) groups is 1. The van der Waals surface area contributed by atoms with Crippen LogP contribution in [0.25, 0.3) is 0 Å². The lowest BCUT2D eigenvalue weighted by Gasteiger charge is -2.12. The summed E-state index contributed by atoms with van der Waals surface area (Å²) >= 11 is 0. The third-order valence-corrected chi connectivity index (χ3v) is 3.55. The fraction of sp³-hybridized carbons (Fsp3) is 0.235. The van der Waals surface area contributed by atoms with Crippen molar-refractivity contribution in [2.45, 2.75) is 20.8 Å². The maximum atomic E-state index is 12.6. The Kier molecular flexibility index (Phi) is 3.79. The Labute approximate surface area is 119 Å². The predicted molar refractivity (Wildman–Crippen MR) is 81.5 cm³/mol. The molecule has 20 heavy (non-hydrogen) atoms. The minimum atomic E-state index is -0.0105. The number of ether oxygens (including phenoxy) is 1. The maximum Gasteiger partial charge on any atom is 0.193 e. The molecule has 2 aromatic rings. The van der Waals surface area contributed by atoms with Crippen molar-refractivity contribution < 1.29 is 9.53 Å². The molecule has 0 aromatic heterocycles. The summed E-state index contributed by atoms with van der Waals surface area (Å²) in [5.74, 6) is 0.814. The van der Waals surface area contributed by atoms with E-state index in [4.69, 9.17) is 10.5 Å². The van der Waals surface area contributed by atoms with Crippen molar-refractivity contribution in [1.82, 2.24) is 0 Å². The number of ketones is 1. The molecule has 0 unspecified atom stereocenters. The highest BCUT2D eigenvalue weighted by Gasteiger charge is 2.15. The van der Waals surface area contributed by atoms with Crippen LogP contribution < -0.4 is 10.5 Å². The molecule has 0 fully saturated rings. The molecule has 0 radical (unpaired) electrons. The number of carbonyl (C=O) groups excluding carboxylic acids is 1. The zero-order chi connectivity index (χ0) is 14.9. The Morgan fingerprint density at radius 1 is 1.10 bits per heavy atom. The molecule has 2 N–H and O–H groups in total. The van der Waals surface area contributed by atoms with Gasteiger partial charge in [0.05, 0.1) is 7.11 Å². The van der Waals surface area contributed by atoms with Crippen LogP contribution in [0.1, 0.15) is 32.6 Å². The van der Waals surface area contributed by atoms with Crippen LogP contribution >= 0.6 is 0 Å². The van der Waals surface area contributed by atoms with Crippen molar-refractivity contribution in [2.75, 3.05) is 12.8 Å². The molecule has 0 aliphatic rings. The van der Waals surface area contributed by atoms with Gasteiger partial charge in [-0.1, -0.05) is 12.1 Å². The number of hydrogen-bond donors (Lipinski definition) is 1. The van der Waals surface area contributed by atoms with Crippen molar-refractivity contribution in [1.29, 1.82) is 0 Å². The van der Waals surface area contributed by atoms with Gasteiger partial charge in [0.2, 0.25) is 0 Å². The van der Waals surface area contributed by atoms with E-state index in [0.717, 1.165) is 22.4 Å². The van der Waals surface area contributed by atoms with Gasteiger partial charge in [0.1, 0.15) is 5.75 Å². The number of rotatable bonds is 3. The van der Waals surface area contributed by atoms with E-state index in [1.165, 1.54) is 0 Å². The first-order valence-corrected chi connectivity index (χ1v) is 6.50. The predicted octanol–water partition coefficient (Wildman–Crippen LogP) is 3.43.